The first-order valence-corrected chi connectivity index (χ1v) is 8.14. The third kappa shape index (κ3) is 3.45. The SMILES string of the molecule is CC(NCC1CCCCC1O)c1ccc2ccccc2c1. The van der Waals surface area contributed by atoms with E-state index in [0.717, 1.165) is 19.4 Å². The minimum absolute atomic E-state index is 0.116. The predicted octanol–water partition coefficient (Wildman–Crippen LogP) is 4.04. The van der Waals surface area contributed by atoms with Gasteiger partial charge in [-0.15, -0.1) is 0 Å². The van der Waals surface area contributed by atoms with Crippen LogP contribution in [-0.4, -0.2) is 17.8 Å². The molecular weight excluding hydrogens is 258 g/mol. The van der Waals surface area contributed by atoms with Crippen LogP contribution in [0, 0.1) is 5.92 Å². The van der Waals surface area contributed by atoms with Gasteiger partial charge in [-0.3, -0.25) is 0 Å². The molecule has 0 radical (unpaired) electrons. The average molecular weight is 283 g/mol. The van der Waals surface area contributed by atoms with Crippen molar-refractivity contribution in [3.05, 3.63) is 48.0 Å². The molecule has 0 heterocycles. The van der Waals surface area contributed by atoms with Gasteiger partial charge < -0.3 is 10.4 Å². The lowest BCUT2D eigenvalue weighted by atomic mass is 9.86. The Kier molecular flexibility index (Phi) is 4.57. The molecule has 112 valence electrons. The highest BCUT2D eigenvalue weighted by Crippen LogP contribution is 2.25. The summed E-state index contributed by atoms with van der Waals surface area (Å²) in [6, 6.07) is 15.5. The summed E-state index contributed by atoms with van der Waals surface area (Å²) in [5.41, 5.74) is 1.32. The first kappa shape index (κ1) is 14.6. The van der Waals surface area contributed by atoms with Gasteiger partial charge in [-0.25, -0.2) is 0 Å². The van der Waals surface area contributed by atoms with Gasteiger partial charge in [-0.2, -0.15) is 0 Å². The maximum absolute atomic E-state index is 10.1. The molecule has 0 amide bonds. The van der Waals surface area contributed by atoms with Gasteiger partial charge >= 0.3 is 0 Å². The second-order valence-electron chi connectivity index (χ2n) is 6.35. The summed E-state index contributed by atoms with van der Waals surface area (Å²) < 4.78 is 0. The number of benzene rings is 2. The highest BCUT2D eigenvalue weighted by atomic mass is 16.3. The van der Waals surface area contributed by atoms with Crippen molar-refractivity contribution in [3.63, 3.8) is 0 Å². The molecule has 1 aliphatic rings. The number of aliphatic hydroxyl groups excluding tert-OH is 1. The van der Waals surface area contributed by atoms with Crippen LogP contribution in [0.15, 0.2) is 42.5 Å². The zero-order chi connectivity index (χ0) is 14.7. The molecule has 2 aromatic carbocycles. The number of rotatable bonds is 4. The number of hydrogen-bond donors (Lipinski definition) is 2. The molecule has 1 aliphatic carbocycles. The molecule has 1 fully saturated rings. The van der Waals surface area contributed by atoms with Crippen LogP contribution in [0.5, 0.6) is 0 Å². The summed E-state index contributed by atoms with van der Waals surface area (Å²) in [6.45, 7) is 3.12. The fourth-order valence-corrected chi connectivity index (χ4v) is 3.35. The Morgan fingerprint density at radius 2 is 1.86 bits per heavy atom. The lowest BCUT2D eigenvalue weighted by molar-refractivity contribution is 0.0684. The summed E-state index contributed by atoms with van der Waals surface area (Å²) in [6.07, 6.45) is 4.44. The van der Waals surface area contributed by atoms with Gasteiger partial charge in [-0.05, 0) is 48.1 Å². The Hall–Kier alpha value is -1.38. The van der Waals surface area contributed by atoms with Crippen molar-refractivity contribution in [1.82, 2.24) is 5.32 Å². The second kappa shape index (κ2) is 6.59. The van der Waals surface area contributed by atoms with Crippen LogP contribution in [-0.2, 0) is 0 Å². The molecule has 0 bridgehead atoms. The second-order valence-corrected chi connectivity index (χ2v) is 6.35. The Morgan fingerprint density at radius 1 is 1.10 bits per heavy atom. The molecule has 2 heteroatoms. The third-order valence-electron chi connectivity index (χ3n) is 4.83. The Balaban J connectivity index is 1.64. The minimum Gasteiger partial charge on any atom is -0.393 e. The Labute approximate surface area is 127 Å². The van der Waals surface area contributed by atoms with E-state index < -0.39 is 0 Å². The van der Waals surface area contributed by atoms with Crippen LogP contribution < -0.4 is 5.32 Å². The zero-order valence-electron chi connectivity index (χ0n) is 12.8. The molecule has 1 saturated carbocycles. The molecule has 3 unspecified atom stereocenters. The van der Waals surface area contributed by atoms with E-state index in [1.54, 1.807) is 0 Å². The smallest absolute Gasteiger partial charge is 0.0580 e. The van der Waals surface area contributed by atoms with Gasteiger partial charge in [0.2, 0.25) is 0 Å². The summed E-state index contributed by atoms with van der Waals surface area (Å²) in [4.78, 5) is 0. The summed E-state index contributed by atoms with van der Waals surface area (Å²) >= 11 is 0. The standard InChI is InChI=1S/C19H25NO/c1-14(20-13-18-8-4-5-9-19(18)21)16-11-10-15-6-2-3-7-17(15)12-16/h2-3,6-7,10-12,14,18-21H,4-5,8-9,13H2,1H3. The molecule has 2 N–H and O–H groups in total. The molecular formula is C19H25NO. The Bertz CT molecular complexity index is 595. The van der Waals surface area contributed by atoms with Crippen molar-refractivity contribution in [2.45, 2.75) is 44.8 Å². The number of nitrogens with one attached hydrogen (secondary N) is 1. The topological polar surface area (TPSA) is 32.3 Å². The number of hydrogen-bond acceptors (Lipinski definition) is 2. The molecule has 2 aromatic rings. The lowest BCUT2D eigenvalue weighted by Crippen LogP contribution is -2.34. The van der Waals surface area contributed by atoms with Gasteiger partial charge in [0.15, 0.2) is 0 Å². The maximum atomic E-state index is 10.1. The third-order valence-corrected chi connectivity index (χ3v) is 4.83. The number of fused-ring (bicyclic) bond motifs is 1. The van der Waals surface area contributed by atoms with E-state index in [9.17, 15) is 5.11 Å². The van der Waals surface area contributed by atoms with Crippen molar-refractivity contribution in [2.75, 3.05) is 6.54 Å². The van der Waals surface area contributed by atoms with Crippen molar-refractivity contribution in [1.29, 1.82) is 0 Å². The predicted molar refractivity (Wildman–Crippen MR) is 88.3 cm³/mol. The molecule has 0 saturated heterocycles. The van der Waals surface area contributed by atoms with Crippen LogP contribution in [0.1, 0.15) is 44.2 Å². The van der Waals surface area contributed by atoms with Crippen LogP contribution in [0.2, 0.25) is 0 Å². The minimum atomic E-state index is -0.116. The van der Waals surface area contributed by atoms with Gasteiger partial charge in [0.1, 0.15) is 0 Å². The van der Waals surface area contributed by atoms with E-state index in [-0.39, 0.29) is 6.10 Å². The Morgan fingerprint density at radius 3 is 2.67 bits per heavy atom. The van der Waals surface area contributed by atoms with E-state index in [2.05, 4.69) is 54.7 Å². The van der Waals surface area contributed by atoms with Crippen molar-refractivity contribution < 1.29 is 5.11 Å². The van der Waals surface area contributed by atoms with Crippen molar-refractivity contribution >= 4 is 10.8 Å². The van der Waals surface area contributed by atoms with E-state index in [0.29, 0.717) is 12.0 Å². The molecule has 0 aromatic heterocycles. The van der Waals surface area contributed by atoms with E-state index in [4.69, 9.17) is 0 Å². The molecule has 3 atom stereocenters. The lowest BCUT2D eigenvalue weighted by Gasteiger charge is -2.29. The highest BCUT2D eigenvalue weighted by Gasteiger charge is 2.23. The fraction of sp³-hybridized carbons (Fsp3) is 0.474. The molecule has 0 spiro atoms. The van der Waals surface area contributed by atoms with E-state index >= 15 is 0 Å². The highest BCUT2D eigenvalue weighted by molar-refractivity contribution is 5.83. The normalized spacial score (nSPS) is 24.1. The fourth-order valence-electron chi connectivity index (χ4n) is 3.35. The maximum Gasteiger partial charge on any atom is 0.0580 e. The monoisotopic (exact) mass is 283 g/mol. The van der Waals surface area contributed by atoms with Crippen LogP contribution in [0.4, 0.5) is 0 Å². The van der Waals surface area contributed by atoms with Gasteiger partial charge in [0.05, 0.1) is 6.10 Å². The summed E-state index contributed by atoms with van der Waals surface area (Å²) in [7, 11) is 0. The van der Waals surface area contributed by atoms with E-state index in [1.807, 2.05) is 0 Å². The van der Waals surface area contributed by atoms with Crippen molar-refractivity contribution in [3.8, 4) is 0 Å². The molecule has 2 nitrogen and oxygen atoms in total. The molecule has 3 rings (SSSR count). The van der Waals surface area contributed by atoms with Crippen LogP contribution >= 0.6 is 0 Å². The average Bonchev–Trinajstić information content (AvgIpc) is 2.53. The van der Waals surface area contributed by atoms with Gasteiger partial charge in [-0.1, -0.05) is 49.2 Å². The molecule has 21 heavy (non-hydrogen) atoms. The first-order chi connectivity index (χ1) is 10.2. The quantitative estimate of drug-likeness (QED) is 0.887. The number of aliphatic hydroxyl groups is 1. The summed E-state index contributed by atoms with van der Waals surface area (Å²) in [5, 5.41) is 16.2. The van der Waals surface area contributed by atoms with E-state index in [1.165, 1.54) is 29.2 Å². The first-order valence-electron chi connectivity index (χ1n) is 8.14. The van der Waals surface area contributed by atoms with Crippen molar-refractivity contribution in [2.24, 2.45) is 5.92 Å². The zero-order valence-corrected chi connectivity index (χ0v) is 12.8. The summed E-state index contributed by atoms with van der Waals surface area (Å²) in [5.74, 6) is 0.418. The molecule has 0 aliphatic heterocycles. The van der Waals surface area contributed by atoms with Gasteiger partial charge in [0, 0.05) is 12.6 Å². The van der Waals surface area contributed by atoms with Crippen LogP contribution in [0.3, 0.4) is 0 Å². The van der Waals surface area contributed by atoms with Crippen LogP contribution in [0.25, 0.3) is 10.8 Å². The van der Waals surface area contributed by atoms with Gasteiger partial charge in [0.25, 0.3) is 0 Å². The largest absolute Gasteiger partial charge is 0.393 e.